The molecule has 1 aromatic carbocycles. The number of nitrogens with one attached hydrogen (secondary N) is 1. The molecule has 4 nitrogen and oxygen atoms in total. The topological polar surface area (TPSA) is 58.6 Å². The molecule has 1 atom stereocenters. The van der Waals surface area contributed by atoms with Crippen molar-refractivity contribution in [1.82, 2.24) is 5.32 Å². The Morgan fingerprint density at radius 2 is 1.96 bits per heavy atom. The molecule has 3 rings (SSSR count). The summed E-state index contributed by atoms with van der Waals surface area (Å²) in [5, 5.41) is 18.1. The van der Waals surface area contributed by atoms with Crippen LogP contribution < -0.4 is 5.32 Å². The summed E-state index contributed by atoms with van der Waals surface area (Å²) in [5.41, 5.74) is -0.647. The van der Waals surface area contributed by atoms with Gasteiger partial charge in [-0.1, -0.05) is 30.3 Å². The van der Waals surface area contributed by atoms with Crippen molar-refractivity contribution in [2.75, 3.05) is 19.7 Å². The summed E-state index contributed by atoms with van der Waals surface area (Å²) in [6.45, 7) is 2.27. The maximum absolute atomic E-state index is 12.7. The van der Waals surface area contributed by atoms with Crippen LogP contribution in [0.15, 0.2) is 47.2 Å². The number of rotatable bonds is 5. The quantitative estimate of drug-likeness (QED) is 0.827. The molecular formula is C18H21NO3S. The molecule has 0 aliphatic carbocycles. The van der Waals surface area contributed by atoms with Crippen LogP contribution in [0.2, 0.25) is 0 Å². The number of aliphatic hydroxyl groups is 1. The molecule has 0 radical (unpaired) electrons. The first-order valence-corrected chi connectivity index (χ1v) is 8.84. The second kappa shape index (κ2) is 7.25. The van der Waals surface area contributed by atoms with Crippen LogP contribution in [-0.2, 0) is 15.1 Å². The summed E-state index contributed by atoms with van der Waals surface area (Å²) in [4.78, 5) is 12.7. The number of esters is 1. The molecule has 2 N–H and O–H groups in total. The fraction of sp³-hybridized carbons (Fsp3) is 0.389. The van der Waals surface area contributed by atoms with Crippen LogP contribution in [0.25, 0.3) is 0 Å². The second-order valence-electron chi connectivity index (χ2n) is 5.88. The number of piperidine rings is 1. The van der Waals surface area contributed by atoms with E-state index in [-0.39, 0.29) is 0 Å². The van der Waals surface area contributed by atoms with Gasteiger partial charge in [0, 0.05) is 5.56 Å². The molecular weight excluding hydrogens is 310 g/mol. The Balaban J connectivity index is 1.79. The van der Waals surface area contributed by atoms with Crippen molar-refractivity contribution in [1.29, 1.82) is 0 Å². The third-order valence-electron chi connectivity index (χ3n) is 4.33. The van der Waals surface area contributed by atoms with E-state index in [1.165, 1.54) is 11.3 Å². The Morgan fingerprint density at radius 3 is 2.61 bits per heavy atom. The molecule has 0 amide bonds. The van der Waals surface area contributed by atoms with Gasteiger partial charge in [-0.05, 0) is 54.2 Å². The van der Waals surface area contributed by atoms with Gasteiger partial charge in [0.15, 0.2) is 0 Å². The third-order valence-corrected chi connectivity index (χ3v) is 5.02. The average Bonchev–Trinajstić information content (AvgIpc) is 3.15. The Kier molecular flexibility index (Phi) is 5.10. The lowest BCUT2D eigenvalue weighted by atomic mass is 9.88. The molecule has 122 valence electrons. The van der Waals surface area contributed by atoms with E-state index in [0.717, 1.165) is 25.9 Å². The van der Waals surface area contributed by atoms with E-state index in [1.807, 2.05) is 23.6 Å². The third kappa shape index (κ3) is 3.47. The monoisotopic (exact) mass is 331 g/mol. The maximum atomic E-state index is 12.7. The number of thiophene rings is 1. The highest BCUT2D eigenvalue weighted by molar-refractivity contribution is 7.08. The average molecular weight is 331 g/mol. The first-order chi connectivity index (χ1) is 11.2. The smallest absolute Gasteiger partial charge is 0.347 e. The molecule has 0 saturated carbocycles. The van der Waals surface area contributed by atoms with Crippen LogP contribution in [0.1, 0.15) is 24.0 Å². The fourth-order valence-corrected chi connectivity index (χ4v) is 3.60. The molecule has 1 unspecified atom stereocenters. The standard InChI is InChI=1S/C18H21NO3S/c20-17(22-12-14-6-9-19-10-7-14)18(21,16-8-11-23-13-16)15-4-2-1-3-5-15/h1-5,8,11,13-14,19,21H,6-7,9-10,12H2. The minimum Gasteiger partial charge on any atom is -0.463 e. The van der Waals surface area contributed by atoms with E-state index in [2.05, 4.69) is 5.32 Å². The van der Waals surface area contributed by atoms with Crippen molar-refractivity contribution >= 4 is 17.3 Å². The van der Waals surface area contributed by atoms with Crippen molar-refractivity contribution in [2.24, 2.45) is 5.92 Å². The van der Waals surface area contributed by atoms with Crippen LogP contribution in [0, 0.1) is 5.92 Å². The fourth-order valence-electron chi connectivity index (χ4n) is 2.90. The Labute approximate surface area is 140 Å². The second-order valence-corrected chi connectivity index (χ2v) is 6.66. The molecule has 0 spiro atoms. The number of ether oxygens (including phenoxy) is 1. The van der Waals surface area contributed by atoms with Gasteiger partial charge in [0.25, 0.3) is 0 Å². The number of carbonyl (C=O) groups is 1. The predicted octanol–water partition coefficient (Wildman–Crippen LogP) is 2.53. The molecule has 1 fully saturated rings. The molecule has 1 aromatic heterocycles. The van der Waals surface area contributed by atoms with Crippen molar-refractivity contribution < 1.29 is 14.6 Å². The minimum atomic E-state index is -1.74. The van der Waals surface area contributed by atoms with Gasteiger partial charge in [-0.3, -0.25) is 0 Å². The lowest BCUT2D eigenvalue weighted by Gasteiger charge is -2.28. The van der Waals surface area contributed by atoms with Gasteiger partial charge >= 0.3 is 5.97 Å². The van der Waals surface area contributed by atoms with Gasteiger partial charge in [-0.15, -0.1) is 0 Å². The van der Waals surface area contributed by atoms with Crippen LogP contribution in [0.3, 0.4) is 0 Å². The molecule has 1 aliphatic rings. The first kappa shape index (κ1) is 16.2. The van der Waals surface area contributed by atoms with Crippen LogP contribution in [0.4, 0.5) is 0 Å². The van der Waals surface area contributed by atoms with Gasteiger partial charge in [0.05, 0.1) is 6.61 Å². The van der Waals surface area contributed by atoms with Crippen molar-refractivity contribution in [3.8, 4) is 0 Å². The van der Waals surface area contributed by atoms with E-state index in [9.17, 15) is 9.90 Å². The lowest BCUT2D eigenvalue weighted by molar-refractivity contribution is -0.163. The van der Waals surface area contributed by atoms with E-state index < -0.39 is 11.6 Å². The highest BCUT2D eigenvalue weighted by Crippen LogP contribution is 2.32. The summed E-state index contributed by atoms with van der Waals surface area (Å²) in [5.74, 6) is -0.233. The van der Waals surface area contributed by atoms with Crippen LogP contribution >= 0.6 is 11.3 Å². The first-order valence-electron chi connectivity index (χ1n) is 7.90. The zero-order valence-electron chi connectivity index (χ0n) is 12.9. The van der Waals surface area contributed by atoms with Gasteiger partial charge in [-0.25, -0.2) is 4.79 Å². The van der Waals surface area contributed by atoms with E-state index in [1.54, 1.807) is 23.6 Å². The highest BCUT2D eigenvalue weighted by Gasteiger charge is 2.42. The van der Waals surface area contributed by atoms with Crippen LogP contribution in [0.5, 0.6) is 0 Å². The number of carbonyl (C=O) groups excluding carboxylic acids is 1. The van der Waals surface area contributed by atoms with Crippen molar-refractivity contribution in [2.45, 2.75) is 18.4 Å². The summed E-state index contributed by atoms with van der Waals surface area (Å²) in [6.07, 6.45) is 1.99. The van der Waals surface area contributed by atoms with Crippen molar-refractivity contribution in [3.63, 3.8) is 0 Å². The highest BCUT2D eigenvalue weighted by atomic mass is 32.1. The molecule has 23 heavy (non-hydrogen) atoms. The summed E-state index contributed by atoms with van der Waals surface area (Å²) in [7, 11) is 0. The number of hydrogen-bond acceptors (Lipinski definition) is 5. The molecule has 1 aliphatic heterocycles. The maximum Gasteiger partial charge on any atom is 0.347 e. The van der Waals surface area contributed by atoms with Gasteiger partial charge in [0.2, 0.25) is 5.60 Å². The Hall–Kier alpha value is -1.69. The van der Waals surface area contributed by atoms with Gasteiger partial charge < -0.3 is 15.2 Å². The van der Waals surface area contributed by atoms with Gasteiger partial charge in [0.1, 0.15) is 0 Å². The zero-order valence-corrected chi connectivity index (χ0v) is 13.7. The predicted molar refractivity (Wildman–Crippen MR) is 90.3 cm³/mol. The number of hydrogen-bond donors (Lipinski definition) is 2. The normalized spacial score (nSPS) is 18.3. The summed E-state index contributed by atoms with van der Waals surface area (Å²) in [6, 6.07) is 10.8. The van der Waals surface area contributed by atoms with E-state index in [4.69, 9.17) is 4.74 Å². The van der Waals surface area contributed by atoms with E-state index in [0.29, 0.717) is 23.7 Å². The molecule has 2 heterocycles. The van der Waals surface area contributed by atoms with E-state index >= 15 is 0 Å². The molecule has 1 saturated heterocycles. The zero-order chi connectivity index (χ0) is 16.1. The summed E-state index contributed by atoms with van der Waals surface area (Å²) < 4.78 is 5.51. The van der Waals surface area contributed by atoms with Crippen LogP contribution in [-0.4, -0.2) is 30.8 Å². The minimum absolute atomic E-state index is 0.361. The summed E-state index contributed by atoms with van der Waals surface area (Å²) >= 11 is 1.45. The Bertz CT molecular complexity index is 623. The SMILES string of the molecule is O=C(OCC1CCNCC1)C(O)(c1ccccc1)c1ccsc1. The van der Waals surface area contributed by atoms with Crippen molar-refractivity contribution in [3.05, 3.63) is 58.3 Å². The molecule has 5 heteroatoms. The Morgan fingerprint density at radius 1 is 1.22 bits per heavy atom. The molecule has 2 aromatic rings. The lowest BCUT2D eigenvalue weighted by Crippen LogP contribution is -2.39. The number of benzene rings is 1. The largest absolute Gasteiger partial charge is 0.463 e. The molecule has 0 bridgehead atoms. The van der Waals surface area contributed by atoms with Gasteiger partial charge in [-0.2, -0.15) is 11.3 Å².